The van der Waals surface area contributed by atoms with E-state index in [-0.39, 0.29) is 24.7 Å². The Hall–Kier alpha value is -1.51. The summed E-state index contributed by atoms with van der Waals surface area (Å²) < 4.78 is 10.6. The van der Waals surface area contributed by atoms with Crippen LogP contribution in [0.15, 0.2) is 11.6 Å². The minimum Gasteiger partial charge on any atom is -0.463 e. The molecular weight excluding hydrogens is 306 g/mol. The summed E-state index contributed by atoms with van der Waals surface area (Å²) in [6.07, 6.45) is 0.265. The Balaban J connectivity index is 5.32. The molecule has 0 aliphatic carbocycles. The first-order valence-electron chi connectivity index (χ1n) is 7.83. The van der Waals surface area contributed by atoms with Crippen LogP contribution in [0, 0.1) is 10.1 Å². The number of carbonyl (C=O) groups excluding carboxylic acids is 1. The standard InChI is InChI=1S/C15H27NO7/c1-4-12(5-2)23-14(13(18)10-17)9-11(7-8-16(20)21)15(19)22-6-3/h9,12-14,17-18H,4-8,10H2,1-3H3/b11-9+. The molecule has 0 saturated heterocycles. The van der Waals surface area contributed by atoms with E-state index in [1.165, 1.54) is 6.08 Å². The summed E-state index contributed by atoms with van der Waals surface area (Å²) in [5, 5.41) is 29.6. The van der Waals surface area contributed by atoms with Gasteiger partial charge in [-0.15, -0.1) is 0 Å². The third-order valence-electron chi connectivity index (χ3n) is 3.29. The van der Waals surface area contributed by atoms with E-state index in [9.17, 15) is 20.0 Å². The van der Waals surface area contributed by atoms with Gasteiger partial charge in [-0.1, -0.05) is 13.8 Å². The number of nitrogens with zero attached hydrogens (tertiary/aromatic N) is 1. The first-order chi connectivity index (χ1) is 10.9. The first-order valence-corrected chi connectivity index (χ1v) is 7.83. The van der Waals surface area contributed by atoms with Crippen LogP contribution >= 0.6 is 0 Å². The smallest absolute Gasteiger partial charge is 0.334 e. The van der Waals surface area contributed by atoms with E-state index < -0.39 is 36.3 Å². The normalized spacial score (nSPS) is 14.6. The van der Waals surface area contributed by atoms with Crippen molar-refractivity contribution in [2.75, 3.05) is 19.8 Å². The second kappa shape index (κ2) is 12.0. The zero-order valence-electron chi connectivity index (χ0n) is 13.9. The lowest BCUT2D eigenvalue weighted by atomic mass is 10.1. The van der Waals surface area contributed by atoms with Gasteiger partial charge >= 0.3 is 5.97 Å². The minimum absolute atomic E-state index is 0.0620. The summed E-state index contributed by atoms with van der Waals surface area (Å²) in [7, 11) is 0. The molecule has 2 unspecified atom stereocenters. The fourth-order valence-electron chi connectivity index (χ4n) is 1.94. The topological polar surface area (TPSA) is 119 Å². The van der Waals surface area contributed by atoms with Crippen molar-refractivity contribution in [1.82, 2.24) is 0 Å². The van der Waals surface area contributed by atoms with Crippen LogP contribution in [0.25, 0.3) is 0 Å². The van der Waals surface area contributed by atoms with Gasteiger partial charge in [0.05, 0.1) is 19.3 Å². The summed E-state index contributed by atoms with van der Waals surface area (Å²) in [4.78, 5) is 21.9. The fraction of sp³-hybridized carbons (Fsp3) is 0.800. The molecule has 0 aromatic carbocycles. The molecule has 0 aliphatic rings. The maximum Gasteiger partial charge on any atom is 0.334 e. The van der Waals surface area contributed by atoms with Gasteiger partial charge in [-0.25, -0.2) is 4.79 Å². The van der Waals surface area contributed by atoms with E-state index in [4.69, 9.17) is 14.6 Å². The van der Waals surface area contributed by atoms with Crippen LogP contribution in [0.5, 0.6) is 0 Å². The molecule has 0 heterocycles. The number of hydrogen-bond donors (Lipinski definition) is 2. The number of ether oxygens (including phenoxy) is 2. The van der Waals surface area contributed by atoms with Crippen LogP contribution in [0.4, 0.5) is 0 Å². The highest BCUT2D eigenvalue weighted by atomic mass is 16.6. The van der Waals surface area contributed by atoms with Crippen LogP contribution in [-0.4, -0.2) is 59.2 Å². The van der Waals surface area contributed by atoms with Crippen molar-refractivity contribution in [2.24, 2.45) is 0 Å². The maximum absolute atomic E-state index is 11.9. The van der Waals surface area contributed by atoms with Gasteiger partial charge in [-0.2, -0.15) is 0 Å². The molecule has 0 aromatic heterocycles. The van der Waals surface area contributed by atoms with Gasteiger partial charge in [0.25, 0.3) is 0 Å². The molecule has 0 fully saturated rings. The van der Waals surface area contributed by atoms with Gasteiger partial charge < -0.3 is 19.7 Å². The van der Waals surface area contributed by atoms with Crippen molar-refractivity contribution in [3.8, 4) is 0 Å². The van der Waals surface area contributed by atoms with Crippen LogP contribution in [0.2, 0.25) is 0 Å². The van der Waals surface area contributed by atoms with Gasteiger partial charge in [-0.3, -0.25) is 10.1 Å². The highest BCUT2D eigenvalue weighted by Gasteiger charge is 2.24. The van der Waals surface area contributed by atoms with E-state index in [0.29, 0.717) is 12.8 Å². The predicted molar refractivity (Wildman–Crippen MR) is 83.5 cm³/mol. The second-order valence-corrected chi connectivity index (χ2v) is 5.01. The van der Waals surface area contributed by atoms with Gasteiger partial charge in [0, 0.05) is 16.9 Å². The molecule has 0 radical (unpaired) electrons. The van der Waals surface area contributed by atoms with Crippen molar-refractivity contribution in [2.45, 2.75) is 58.3 Å². The lowest BCUT2D eigenvalue weighted by molar-refractivity contribution is -0.479. The monoisotopic (exact) mass is 333 g/mol. The Morgan fingerprint density at radius 1 is 1.30 bits per heavy atom. The molecule has 134 valence electrons. The van der Waals surface area contributed by atoms with E-state index >= 15 is 0 Å². The van der Waals surface area contributed by atoms with Crippen molar-refractivity contribution in [1.29, 1.82) is 0 Å². The summed E-state index contributed by atoms with van der Waals surface area (Å²) in [5.41, 5.74) is 0.0620. The minimum atomic E-state index is -1.23. The average Bonchev–Trinajstić information content (AvgIpc) is 2.53. The largest absolute Gasteiger partial charge is 0.463 e. The van der Waals surface area contributed by atoms with Crippen LogP contribution in [0.3, 0.4) is 0 Å². The molecule has 8 nitrogen and oxygen atoms in total. The molecule has 2 N–H and O–H groups in total. The SMILES string of the molecule is CCOC(=O)/C(=C/C(OC(CC)CC)C(O)CO)CC[N+](=O)[O-]. The molecule has 0 spiro atoms. The Kier molecular flexibility index (Phi) is 11.2. The number of esters is 1. The van der Waals surface area contributed by atoms with E-state index in [2.05, 4.69) is 0 Å². The van der Waals surface area contributed by atoms with Crippen molar-refractivity contribution in [3.63, 3.8) is 0 Å². The molecule has 0 amide bonds. The second-order valence-electron chi connectivity index (χ2n) is 5.01. The molecule has 0 rings (SSSR count). The number of hydrogen-bond acceptors (Lipinski definition) is 7. The summed E-state index contributed by atoms with van der Waals surface area (Å²) in [5.74, 6) is -0.683. The molecule has 8 heteroatoms. The Bertz CT molecular complexity index is 393. The van der Waals surface area contributed by atoms with Gasteiger partial charge in [0.2, 0.25) is 6.54 Å². The Morgan fingerprint density at radius 2 is 1.91 bits per heavy atom. The fourth-order valence-corrected chi connectivity index (χ4v) is 1.94. The van der Waals surface area contributed by atoms with Gasteiger partial charge in [0.15, 0.2) is 0 Å². The third kappa shape index (κ3) is 8.63. The summed E-state index contributed by atoms with van der Waals surface area (Å²) in [6, 6.07) is 0. The summed E-state index contributed by atoms with van der Waals surface area (Å²) >= 11 is 0. The number of aliphatic hydroxyl groups excluding tert-OH is 2. The number of aliphatic hydroxyl groups is 2. The quantitative estimate of drug-likeness (QED) is 0.237. The van der Waals surface area contributed by atoms with E-state index in [1.54, 1.807) is 6.92 Å². The Morgan fingerprint density at radius 3 is 2.35 bits per heavy atom. The average molecular weight is 333 g/mol. The molecule has 0 aliphatic heterocycles. The zero-order valence-corrected chi connectivity index (χ0v) is 13.9. The van der Waals surface area contributed by atoms with E-state index in [0.717, 1.165) is 0 Å². The molecule has 0 saturated carbocycles. The van der Waals surface area contributed by atoms with Crippen LogP contribution in [-0.2, 0) is 14.3 Å². The lowest BCUT2D eigenvalue weighted by Crippen LogP contribution is -2.34. The molecule has 0 bridgehead atoms. The van der Waals surface area contributed by atoms with Crippen molar-refractivity contribution >= 4 is 5.97 Å². The summed E-state index contributed by atoms with van der Waals surface area (Å²) in [6.45, 7) is 4.61. The van der Waals surface area contributed by atoms with Crippen LogP contribution in [0.1, 0.15) is 40.0 Å². The highest BCUT2D eigenvalue weighted by molar-refractivity contribution is 5.88. The number of rotatable bonds is 12. The van der Waals surface area contributed by atoms with Gasteiger partial charge in [0.1, 0.15) is 12.2 Å². The number of nitro groups is 1. The maximum atomic E-state index is 11.9. The molecule has 2 atom stereocenters. The predicted octanol–water partition coefficient (Wildman–Crippen LogP) is 1.07. The lowest BCUT2D eigenvalue weighted by Gasteiger charge is -2.25. The molecule has 23 heavy (non-hydrogen) atoms. The third-order valence-corrected chi connectivity index (χ3v) is 3.29. The zero-order chi connectivity index (χ0) is 17.8. The number of carbonyl (C=O) groups is 1. The highest BCUT2D eigenvalue weighted by Crippen LogP contribution is 2.15. The molecular formula is C15H27NO7. The van der Waals surface area contributed by atoms with Crippen molar-refractivity contribution < 1.29 is 29.4 Å². The molecule has 0 aromatic rings. The Labute approximate surface area is 136 Å². The first kappa shape index (κ1) is 21.5. The van der Waals surface area contributed by atoms with Crippen molar-refractivity contribution in [3.05, 3.63) is 21.8 Å². The van der Waals surface area contributed by atoms with Gasteiger partial charge in [-0.05, 0) is 25.8 Å². The van der Waals surface area contributed by atoms with Crippen LogP contribution < -0.4 is 0 Å². The van der Waals surface area contributed by atoms with E-state index in [1.807, 2.05) is 13.8 Å².